The lowest BCUT2D eigenvalue weighted by atomic mass is 10.0. The lowest BCUT2D eigenvalue weighted by molar-refractivity contribution is -0.137. The average molecular weight is 275 g/mol. The summed E-state index contributed by atoms with van der Waals surface area (Å²) in [4.78, 5) is 24.8. The smallest absolute Gasteiger partial charge is 0.323 e. The second-order valence-electron chi connectivity index (χ2n) is 5.76. The quantitative estimate of drug-likeness (QED) is 0.879. The van der Waals surface area contributed by atoms with Crippen LogP contribution in [0.3, 0.4) is 0 Å². The molecule has 0 saturated heterocycles. The molecular weight excluding hydrogens is 258 g/mol. The predicted octanol–water partition coefficient (Wildman–Crippen LogP) is 1.86. The largest absolute Gasteiger partial charge is 0.508 e. The standard InChI is InChI=1S/C15H17NO4/c17-13-3-1-12(2-4-13)16(8-14(18)19)15(20)11-6-9-5-10(9)7-11/h1-4,9-11,17H,5-8H2,(H,18,19). The van der Waals surface area contributed by atoms with Crippen molar-refractivity contribution in [3.8, 4) is 5.75 Å². The first kappa shape index (κ1) is 13.0. The Kier molecular flexibility index (Phi) is 3.12. The molecule has 1 aromatic rings. The normalized spacial score (nSPS) is 26.9. The van der Waals surface area contributed by atoms with Crippen LogP contribution in [0.4, 0.5) is 5.69 Å². The van der Waals surface area contributed by atoms with Crippen LogP contribution >= 0.6 is 0 Å². The first-order valence-electron chi connectivity index (χ1n) is 6.87. The monoisotopic (exact) mass is 275 g/mol. The van der Waals surface area contributed by atoms with Crippen LogP contribution in [-0.4, -0.2) is 28.6 Å². The van der Waals surface area contributed by atoms with Gasteiger partial charge in [0.2, 0.25) is 5.91 Å². The number of aliphatic carboxylic acids is 1. The molecule has 2 aliphatic rings. The summed E-state index contributed by atoms with van der Waals surface area (Å²) in [5.74, 6) is 0.260. The van der Waals surface area contributed by atoms with Crippen molar-refractivity contribution in [1.29, 1.82) is 0 Å². The van der Waals surface area contributed by atoms with Crippen LogP contribution in [0.25, 0.3) is 0 Å². The highest BCUT2D eigenvalue weighted by Gasteiger charge is 2.49. The molecule has 2 fully saturated rings. The number of carbonyl (C=O) groups excluding carboxylic acids is 1. The fraction of sp³-hybridized carbons (Fsp3) is 0.467. The van der Waals surface area contributed by atoms with Gasteiger partial charge in [0.1, 0.15) is 12.3 Å². The number of benzene rings is 1. The minimum Gasteiger partial charge on any atom is -0.508 e. The van der Waals surface area contributed by atoms with Gasteiger partial charge in [0, 0.05) is 11.6 Å². The van der Waals surface area contributed by atoms with Gasteiger partial charge in [-0.3, -0.25) is 9.59 Å². The van der Waals surface area contributed by atoms with Crippen LogP contribution in [0.15, 0.2) is 24.3 Å². The first-order valence-corrected chi connectivity index (χ1v) is 6.87. The van der Waals surface area contributed by atoms with Gasteiger partial charge in [-0.25, -0.2) is 0 Å². The molecule has 1 aromatic carbocycles. The molecule has 106 valence electrons. The third kappa shape index (κ3) is 2.48. The van der Waals surface area contributed by atoms with E-state index in [0.717, 1.165) is 12.8 Å². The Morgan fingerprint density at radius 1 is 1.10 bits per heavy atom. The molecule has 5 nitrogen and oxygen atoms in total. The third-order valence-electron chi connectivity index (χ3n) is 4.31. The topological polar surface area (TPSA) is 77.8 Å². The van der Waals surface area contributed by atoms with Crippen molar-refractivity contribution >= 4 is 17.6 Å². The highest BCUT2D eigenvalue weighted by Crippen LogP contribution is 2.54. The van der Waals surface area contributed by atoms with E-state index in [9.17, 15) is 14.7 Å². The van der Waals surface area contributed by atoms with E-state index < -0.39 is 5.97 Å². The maximum atomic E-state index is 12.5. The van der Waals surface area contributed by atoms with E-state index in [2.05, 4.69) is 0 Å². The fourth-order valence-corrected chi connectivity index (χ4v) is 3.20. The number of nitrogens with zero attached hydrogens (tertiary/aromatic N) is 1. The van der Waals surface area contributed by atoms with Crippen molar-refractivity contribution in [2.75, 3.05) is 11.4 Å². The van der Waals surface area contributed by atoms with Gasteiger partial charge in [-0.15, -0.1) is 0 Å². The lowest BCUT2D eigenvalue weighted by Crippen LogP contribution is -2.39. The Labute approximate surface area is 116 Å². The number of aromatic hydroxyl groups is 1. The number of carboxylic acids is 1. The highest BCUT2D eigenvalue weighted by molar-refractivity contribution is 5.99. The summed E-state index contributed by atoms with van der Waals surface area (Å²) in [7, 11) is 0. The van der Waals surface area contributed by atoms with Crippen LogP contribution in [-0.2, 0) is 9.59 Å². The summed E-state index contributed by atoms with van der Waals surface area (Å²) in [5.41, 5.74) is 0.524. The summed E-state index contributed by atoms with van der Waals surface area (Å²) in [5, 5.41) is 18.3. The van der Waals surface area contributed by atoms with Crippen LogP contribution in [0.5, 0.6) is 5.75 Å². The molecular formula is C15H17NO4. The number of phenolic OH excluding ortho intramolecular Hbond substituents is 1. The lowest BCUT2D eigenvalue weighted by Gasteiger charge is -2.24. The summed E-state index contributed by atoms with van der Waals surface area (Å²) in [6, 6.07) is 6.07. The number of carbonyl (C=O) groups is 2. The van der Waals surface area contributed by atoms with E-state index in [-0.39, 0.29) is 24.1 Å². The van der Waals surface area contributed by atoms with E-state index in [1.807, 2.05) is 0 Å². The van der Waals surface area contributed by atoms with E-state index in [1.165, 1.54) is 23.5 Å². The SMILES string of the molecule is O=C(O)CN(C(=O)C1CC2CC2C1)c1ccc(O)cc1. The number of fused-ring (bicyclic) bond motifs is 1. The van der Waals surface area contributed by atoms with Crippen LogP contribution in [0.2, 0.25) is 0 Å². The zero-order valence-electron chi connectivity index (χ0n) is 11.0. The van der Waals surface area contributed by atoms with Crippen molar-refractivity contribution in [2.24, 2.45) is 17.8 Å². The van der Waals surface area contributed by atoms with E-state index in [1.54, 1.807) is 12.1 Å². The molecule has 20 heavy (non-hydrogen) atoms. The molecule has 0 aromatic heterocycles. The molecule has 0 bridgehead atoms. The molecule has 0 aliphatic heterocycles. The third-order valence-corrected chi connectivity index (χ3v) is 4.31. The number of amides is 1. The van der Waals surface area contributed by atoms with E-state index >= 15 is 0 Å². The van der Waals surface area contributed by atoms with Gasteiger partial charge in [-0.1, -0.05) is 0 Å². The summed E-state index contributed by atoms with van der Waals surface area (Å²) in [6.07, 6.45) is 3.00. The number of rotatable bonds is 4. The van der Waals surface area contributed by atoms with Crippen LogP contribution < -0.4 is 4.90 Å². The molecule has 2 atom stereocenters. The van der Waals surface area contributed by atoms with Gasteiger partial charge in [-0.2, -0.15) is 0 Å². The molecule has 5 heteroatoms. The average Bonchev–Trinajstić information content (AvgIpc) is 3.03. The maximum absolute atomic E-state index is 12.5. The molecule has 2 aliphatic carbocycles. The van der Waals surface area contributed by atoms with Crippen molar-refractivity contribution in [3.05, 3.63) is 24.3 Å². The Hall–Kier alpha value is -2.04. The number of phenols is 1. The molecule has 0 spiro atoms. The van der Waals surface area contributed by atoms with Crippen molar-refractivity contribution < 1.29 is 19.8 Å². The number of anilines is 1. The second kappa shape index (κ2) is 4.81. The summed E-state index contributed by atoms with van der Waals surface area (Å²) < 4.78 is 0. The summed E-state index contributed by atoms with van der Waals surface area (Å²) >= 11 is 0. The molecule has 2 N–H and O–H groups in total. The maximum Gasteiger partial charge on any atom is 0.323 e. The van der Waals surface area contributed by atoms with Crippen molar-refractivity contribution in [3.63, 3.8) is 0 Å². The molecule has 0 radical (unpaired) electrons. The Morgan fingerprint density at radius 3 is 2.25 bits per heavy atom. The first-order chi connectivity index (χ1) is 9.54. The van der Waals surface area contributed by atoms with Gasteiger partial charge in [0.25, 0.3) is 0 Å². The minimum atomic E-state index is -1.03. The number of hydrogen-bond acceptors (Lipinski definition) is 3. The van der Waals surface area contributed by atoms with Crippen molar-refractivity contribution in [2.45, 2.75) is 19.3 Å². The molecule has 2 saturated carbocycles. The molecule has 0 heterocycles. The molecule has 1 amide bonds. The van der Waals surface area contributed by atoms with Crippen LogP contribution in [0.1, 0.15) is 19.3 Å². The van der Waals surface area contributed by atoms with Crippen LogP contribution in [0, 0.1) is 17.8 Å². The highest BCUT2D eigenvalue weighted by atomic mass is 16.4. The number of hydrogen-bond donors (Lipinski definition) is 2. The van der Waals surface area contributed by atoms with Crippen molar-refractivity contribution in [1.82, 2.24) is 0 Å². The van der Waals surface area contributed by atoms with E-state index in [0.29, 0.717) is 17.5 Å². The second-order valence-corrected chi connectivity index (χ2v) is 5.76. The van der Waals surface area contributed by atoms with Gasteiger partial charge in [0.15, 0.2) is 0 Å². The van der Waals surface area contributed by atoms with Gasteiger partial charge in [0.05, 0.1) is 0 Å². The Bertz CT molecular complexity index is 529. The predicted molar refractivity (Wildman–Crippen MR) is 72.4 cm³/mol. The Balaban J connectivity index is 1.79. The zero-order valence-corrected chi connectivity index (χ0v) is 11.0. The fourth-order valence-electron chi connectivity index (χ4n) is 3.20. The Morgan fingerprint density at radius 2 is 1.70 bits per heavy atom. The zero-order chi connectivity index (χ0) is 14.3. The minimum absolute atomic E-state index is 0.0492. The van der Waals surface area contributed by atoms with Gasteiger partial charge < -0.3 is 15.1 Å². The summed E-state index contributed by atoms with van der Waals surface area (Å²) in [6.45, 7) is -0.338. The van der Waals surface area contributed by atoms with Gasteiger partial charge >= 0.3 is 5.97 Å². The van der Waals surface area contributed by atoms with Gasteiger partial charge in [-0.05, 0) is 55.4 Å². The number of carboxylic acid groups (broad SMARTS) is 1. The molecule has 2 unspecified atom stereocenters. The van der Waals surface area contributed by atoms with E-state index in [4.69, 9.17) is 5.11 Å². The molecule has 3 rings (SSSR count).